The second-order valence-corrected chi connectivity index (χ2v) is 12.1. The number of fused-ring (bicyclic) bond motifs is 1. The minimum atomic E-state index is -4.13. The Kier molecular flexibility index (Phi) is 8.30. The average molecular weight is 549 g/mol. The molecule has 1 heterocycles. The van der Waals surface area contributed by atoms with Gasteiger partial charge in [0.25, 0.3) is 5.91 Å². The molecule has 204 valence electrons. The van der Waals surface area contributed by atoms with Gasteiger partial charge in [0.05, 0.1) is 23.2 Å². The van der Waals surface area contributed by atoms with Gasteiger partial charge in [-0.1, -0.05) is 19.1 Å². The third kappa shape index (κ3) is 6.64. The molecule has 0 atom stereocenters. The lowest BCUT2D eigenvalue weighted by Gasteiger charge is -2.29. The number of aromatic nitrogens is 1. The second-order valence-electron chi connectivity index (χ2n) is 9.81. The number of carbonyl (C=O) groups excluding carboxylic acids is 1. The molecule has 0 saturated heterocycles. The first-order valence-electron chi connectivity index (χ1n) is 12.7. The Balaban J connectivity index is 1.39. The number of halogens is 3. The SMILES string of the molecule is CCS(=O)(=O)c1ccc(CNC(=O)c2ccc3c(OCC4CCC(C(F)(F)F)CC4)nc(C)cc3c2)cc1. The van der Waals surface area contributed by atoms with Crippen molar-refractivity contribution in [2.45, 2.75) is 57.1 Å². The lowest BCUT2D eigenvalue weighted by molar-refractivity contribution is -0.184. The molecule has 1 amide bonds. The van der Waals surface area contributed by atoms with Crippen LogP contribution in [-0.2, 0) is 16.4 Å². The van der Waals surface area contributed by atoms with E-state index in [0.29, 0.717) is 36.6 Å². The zero-order chi connectivity index (χ0) is 27.5. The Morgan fingerprint density at radius 2 is 1.74 bits per heavy atom. The monoisotopic (exact) mass is 548 g/mol. The van der Waals surface area contributed by atoms with Crippen LogP contribution in [-0.4, -0.2) is 37.8 Å². The maximum atomic E-state index is 12.9. The van der Waals surface area contributed by atoms with E-state index in [4.69, 9.17) is 4.74 Å². The molecule has 0 aliphatic heterocycles. The van der Waals surface area contributed by atoms with Crippen molar-refractivity contribution in [3.05, 3.63) is 65.4 Å². The summed E-state index contributed by atoms with van der Waals surface area (Å²) in [7, 11) is -3.28. The molecule has 4 rings (SSSR count). The molecule has 3 aromatic rings. The molecule has 10 heteroatoms. The molecule has 1 N–H and O–H groups in total. The topological polar surface area (TPSA) is 85.4 Å². The molecule has 6 nitrogen and oxygen atoms in total. The van der Waals surface area contributed by atoms with Gasteiger partial charge in [-0.05, 0) is 85.9 Å². The van der Waals surface area contributed by atoms with E-state index in [-0.39, 0.29) is 41.9 Å². The molecule has 1 aliphatic carbocycles. The van der Waals surface area contributed by atoms with Gasteiger partial charge in [0.1, 0.15) is 0 Å². The van der Waals surface area contributed by atoms with Gasteiger partial charge in [-0.25, -0.2) is 13.4 Å². The molecular weight excluding hydrogens is 517 g/mol. The highest BCUT2D eigenvalue weighted by molar-refractivity contribution is 7.91. The van der Waals surface area contributed by atoms with Gasteiger partial charge in [-0.2, -0.15) is 13.2 Å². The van der Waals surface area contributed by atoms with E-state index in [1.54, 1.807) is 37.3 Å². The number of nitrogens with one attached hydrogen (secondary N) is 1. The van der Waals surface area contributed by atoms with Crippen LogP contribution in [0.4, 0.5) is 13.2 Å². The number of nitrogens with zero attached hydrogens (tertiary/aromatic N) is 1. The lowest BCUT2D eigenvalue weighted by atomic mass is 9.82. The number of carbonyl (C=O) groups is 1. The summed E-state index contributed by atoms with van der Waals surface area (Å²) < 4.78 is 68.7. The van der Waals surface area contributed by atoms with Gasteiger partial charge < -0.3 is 10.1 Å². The highest BCUT2D eigenvalue weighted by Gasteiger charge is 2.41. The fourth-order valence-corrected chi connectivity index (χ4v) is 5.61. The molecule has 0 bridgehead atoms. The van der Waals surface area contributed by atoms with Crippen molar-refractivity contribution in [1.29, 1.82) is 0 Å². The number of rotatable bonds is 8. The fourth-order valence-electron chi connectivity index (χ4n) is 4.72. The zero-order valence-electron chi connectivity index (χ0n) is 21.3. The van der Waals surface area contributed by atoms with E-state index in [1.165, 1.54) is 12.1 Å². The fraction of sp³-hybridized carbons (Fsp3) is 0.429. The van der Waals surface area contributed by atoms with Crippen LogP contribution in [0.1, 0.15) is 54.2 Å². The third-order valence-corrected chi connectivity index (χ3v) is 8.82. The highest BCUT2D eigenvalue weighted by atomic mass is 32.2. The Hall–Kier alpha value is -3.14. The standard InChI is InChI=1S/C28H31F3N2O4S/c1-3-38(35,36)24-11-6-19(7-12-24)16-32-26(34)21-8-13-25-22(15-21)14-18(2)33-27(25)37-17-20-4-9-23(10-5-20)28(29,30)31/h6-8,11-15,20,23H,3-5,9-10,16-17H2,1-2H3,(H,32,34). The number of sulfone groups is 1. The zero-order valence-corrected chi connectivity index (χ0v) is 22.2. The van der Waals surface area contributed by atoms with Crippen molar-refractivity contribution >= 4 is 26.5 Å². The Morgan fingerprint density at radius 1 is 1.05 bits per heavy atom. The molecule has 0 radical (unpaired) electrons. The van der Waals surface area contributed by atoms with Crippen LogP contribution in [0.5, 0.6) is 5.88 Å². The second kappa shape index (κ2) is 11.3. The molecule has 1 aromatic heterocycles. The first-order valence-corrected chi connectivity index (χ1v) is 14.3. The minimum absolute atomic E-state index is 0.0236. The number of hydrogen-bond acceptors (Lipinski definition) is 5. The van der Waals surface area contributed by atoms with Crippen LogP contribution in [0.2, 0.25) is 0 Å². The van der Waals surface area contributed by atoms with Gasteiger partial charge in [0.2, 0.25) is 5.88 Å². The van der Waals surface area contributed by atoms with Crippen LogP contribution in [0.15, 0.2) is 53.4 Å². The first-order chi connectivity index (χ1) is 18.0. The summed E-state index contributed by atoms with van der Waals surface area (Å²) in [6.07, 6.45) is -2.95. The predicted octanol–water partition coefficient (Wildman–Crippen LogP) is 6.01. The van der Waals surface area contributed by atoms with E-state index < -0.39 is 21.9 Å². The molecule has 0 unspecified atom stereocenters. The van der Waals surface area contributed by atoms with Crippen LogP contribution < -0.4 is 10.1 Å². The molecule has 38 heavy (non-hydrogen) atoms. The number of ether oxygens (including phenoxy) is 1. The normalized spacial score (nSPS) is 18.3. The predicted molar refractivity (Wildman–Crippen MR) is 139 cm³/mol. The number of hydrogen-bond donors (Lipinski definition) is 1. The summed E-state index contributed by atoms with van der Waals surface area (Å²) in [6, 6.07) is 13.5. The largest absolute Gasteiger partial charge is 0.477 e. The number of amides is 1. The average Bonchev–Trinajstić information content (AvgIpc) is 2.89. The Labute approximate surface area is 220 Å². The lowest BCUT2D eigenvalue weighted by Crippen LogP contribution is -2.29. The van der Waals surface area contributed by atoms with Crippen LogP contribution in [0.3, 0.4) is 0 Å². The summed E-state index contributed by atoms with van der Waals surface area (Å²) in [5, 5.41) is 4.35. The number of alkyl halides is 3. The van der Waals surface area contributed by atoms with Crippen molar-refractivity contribution in [1.82, 2.24) is 10.3 Å². The highest BCUT2D eigenvalue weighted by Crippen LogP contribution is 2.39. The van der Waals surface area contributed by atoms with E-state index in [9.17, 15) is 26.4 Å². The molecule has 1 fully saturated rings. The summed E-state index contributed by atoms with van der Waals surface area (Å²) in [4.78, 5) is 17.5. The van der Waals surface area contributed by atoms with Gasteiger partial charge in [0, 0.05) is 23.2 Å². The van der Waals surface area contributed by atoms with Crippen LogP contribution in [0.25, 0.3) is 10.8 Å². The Morgan fingerprint density at radius 3 is 2.37 bits per heavy atom. The van der Waals surface area contributed by atoms with Crippen molar-refractivity contribution in [3.8, 4) is 5.88 Å². The van der Waals surface area contributed by atoms with E-state index in [1.807, 2.05) is 13.0 Å². The minimum Gasteiger partial charge on any atom is -0.477 e. The number of pyridine rings is 1. The smallest absolute Gasteiger partial charge is 0.391 e. The summed E-state index contributed by atoms with van der Waals surface area (Å²) in [5.41, 5.74) is 1.92. The molecule has 1 saturated carbocycles. The quantitative estimate of drug-likeness (QED) is 0.372. The van der Waals surface area contributed by atoms with Crippen molar-refractivity contribution in [2.24, 2.45) is 11.8 Å². The van der Waals surface area contributed by atoms with Crippen LogP contribution >= 0.6 is 0 Å². The summed E-state index contributed by atoms with van der Waals surface area (Å²) >= 11 is 0. The van der Waals surface area contributed by atoms with Gasteiger partial charge in [-0.3, -0.25) is 4.79 Å². The Bertz CT molecular complexity index is 1400. The molecule has 1 aliphatic rings. The first kappa shape index (κ1) is 27.9. The van der Waals surface area contributed by atoms with E-state index in [0.717, 1.165) is 16.3 Å². The van der Waals surface area contributed by atoms with Crippen molar-refractivity contribution in [2.75, 3.05) is 12.4 Å². The van der Waals surface area contributed by atoms with Crippen LogP contribution in [0, 0.1) is 18.8 Å². The summed E-state index contributed by atoms with van der Waals surface area (Å²) in [5.74, 6) is -1.03. The van der Waals surface area contributed by atoms with Gasteiger partial charge >= 0.3 is 6.18 Å². The van der Waals surface area contributed by atoms with Gasteiger partial charge in [-0.15, -0.1) is 0 Å². The van der Waals surface area contributed by atoms with E-state index >= 15 is 0 Å². The maximum absolute atomic E-state index is 12.9. The molecular formula is C28H31F3N2O4S. The van der Waals surface area contributed by atoms with Crippen molar-refractivity contribution in [3.63, 3.8) is 0 Å². The third-order valence-electron chi connectivity index (χ3n) is 7.07. The van der Waals surface area contributed by atoms with Gasteiger partial charge in [0.15, 0.2) is 9.84 Å². The number of aryl methyl sites for hydroxylation is 1. The maximum Gasteiger partial charge on any atom is 0.391 e. The number of benzene rings is 2. The summed E-state index contributed by atoms with van der Waals surface area (Å²) in [6.45, 7) is 3.95. The van der Waals surface area contributed by atoms with Crippen molar-refractivity contribution < 1.29 is 31.1 Å². The molecule has 2 aromatic carbocycles. The van der Waals surface area contributed by atoms with E-state index in [2.05, 4.69) is 10.3 Å². The molecule has 0 spiro atoms.